The number of nitrogens with zero attached hydrogens (tertiary/aromatic N) is 2. The van der Waals surface area contributed by atoms with E-state index in [-0.39, 0.29) is 0 Å². The van der Waals surface area contributed by atoms with Crippen molar-refractivity contribution in [3.63, 3.8) is 0 Å². The van der Waals surface area contributed by atoms with Gasteiger partial charge in [0.2, 0.25) is 0 Å². The lowest BCUT2D eigenvalue weighted by molar-refractivity contribution is 0.640. The number of unbranched alkanes of at least 4 members (excludes halogenated alkanes) is 3. The molecule has 0 atom stereocenters. The highest BCUT2D eigenvalue weighted by Gasteiger charge is 1.95. The molecule has 0 spiro atoms. The Hall–Kier alpha value is -1.70. The molecule has 2 rings (SSSR count). The fraction of sp³-hybridized carbons (Fsp3) is 0.375. The average Bonchev–Trinajstić information content (AvgIpc) is 2.45. The summed E-state index contributed by atoms with van der Waals surface area (Å²) in [6, 6.07) is 8.43. The van der Waals surface area contributed by atoms with Gasteiger partial charge in [0.1, 0.15) is 0 Å². The molecule has 94 valence electrons. The van der Waals surface area contributed by atoms with Crippen LogP contribution in [0.4, 0.5) is 0 Å². The van der Waals surface area contributed by atoms with Crippen LogP contribution in [0.3, 0.4) is 0 Å². The summed E-state index contributed by atoms with van der Waals surface area (Å²) >= 11 is 0. The molecule has 0 unspecified atom stereocenters. The molecule has 0 saturated carbocycles. The first kappa shape index (κ1) is 12.7. The second-order valence-corrected chi connectivity index (χ2v) is 4.63. The number of hydrogen-bond acceptors (Lipinski definition) is 2. The van der Waals surface area contributed by atoms with Gasteiger partial charge in [-0.3, -0.25) is 9.97 Å². The molecule has 18 heavy (non-hydrogen) atoms. The first-order valence-electron chi connectivity index (χ1n) is 6.73. The van der Waals surface area contributed by atoms with Crippen molar-refractivity contribution in [2.75, 3.05) is 0 Å². The lowest BCUT2D eigenvalue weighted by Gasteiger charge is -2.02. The van der Waals surface area contributed by atoms with Crippen LogP contribution in [-0.4, -0.2) is 9.97 Å². The van der Waals surface area contributed by atoms with Gasteiger partial charge in [0, 0.05) is 24.8 Å². The Morgan fingerprint density at radius 1 is 0.556 bits per heavy atom. The maximum absolute atomic E-state index is 4.03. The second kappa shape index (κ2) is 7.59. The van der Waals surface area contributed by atoms with Crippen LogP contribution < -0.4 is 0 Å². The molecule has 2 nitrogen and oxygen atoms in total. The fourth-order valence-electron chi connectivity index (χ4n) is 2.11. The molecule has 0 radical (unpaired) electrons. The molecule has 0 bridgehead atoms. The summed E-state index contributed by atoms with van der Waals surface area (Å²) in [7, 11) is 0. The van der Waals surface area contributed by atoms with E-state index in [1.54, 1.807) is 0 Å². The Morgan fingerprint density at radius 2 is 0.944 bits per heavy atom. The van der Waals surface area contributed by atoms with E-state index in [0.29, 0.717) is 0 Å². The molecule has 0 amide bonds. The largest absolute Gasteiger partial charge is 0.265 e. The van der Waals surface area contributed by atoms with Gasteiger partial charge < -0.3 is 0 Å². The number of rotatable bonds is 7. The molecule has 2 heterocycles. The van der Waals surface area contributed by atoms with Gasteiger partial charge in [0.25, 0.3) is 0 Å². The van der Waals surface area contributed by atoms with Crippen molar-refractivity contribution < 1.29 is 0 Å². The summed E-state index contributed by atoms with van der Waals surface area (Å²) < 4.78 is 0. The molecule has 2 aromatic heterocycles. The van der Waals surface area contributed by atoms with Crippen molar-refractivity contribution in [1.29, 1.82) is 0 Å². The standard InChI is InChI=1S/C16H20N2/c1(3-5-15-7-11-17-12-8-15)2-4-6-16-9-13-18-14-10-16/h7-14H,1-6H2. The van der Waals surface area contributed by atoms with Gasteiger partial charge in [-0.2, -0.15) is 0 Å². The van der Waals surface area contributed by atoms with E-state index in [1.165, 1.54) is 49.7 Å². The third-order valence-electron chi connectivity index (χ3n) is 3.18. The van der Waals surface area contributed by atoms with Gasteiger partial charge in [-0.05, 0) is 61.1 Å². The third kappa shape index (κ3) is 4.66. The SMILES string of the molecule is c1cc(CCCCCCc2ccncc2)ccn1. The van der Waals surface area contributed by atoms with E-state index in [9.17, 15) is 0 Å². The predicted molar refractivity (Wildman–Crippen MR) is 74.4 cm³/mol. The quantitative estimate of drug-likeness (QED) is 0.687. The number of hydrogen-bond donors (Lipinski definition) is 0. The molecule has 0 aliphatic heterocycles. The molecule has 2 heteroatoms. The summed E-state index contributed by atoms with van der Waals surface area (Å²) in [5.41, 5.74) is 2.80. The molecule has 0 saturated heterocycles. The summed E-state index contributed by atoms with van der Waals surface area (Å²) in [5.74, 6) is 0. The van der Waals surface area contributed by atoms with Gasteiger partial charge in [0.15, 0.2) is 0 Å². The Kier molecular flexibility index (Phi) is 5.38. The van der Waals surface area contributed by atoms with Crippen LogP contribution in [0, 0.1) is 0 Å². The van der Waals surface area contributed by atoms with Crippen LogP contribution in [0.25, 0.3) is 0 Å². The second-order valence-electron chi connectivity index (χ2n) is 4.63. The zero-order valence-corrected chi connectivity index (χ0v) is 10.8. The predicted octanol–water partition coefficient (Wildman–Crippen LogP) is 3.82. The molecular formula is C16H20N2. The minimum absolute atomic E-state index is 1.18. The van der Waals surface area contributed by atoms with E-state index in [4.69, 9.17) is 0 Å². The first-order valence-corrected chi connectivity index (χ1v) is 6.73. The smallest absolute Gasteiger partial charge is 0.0270 e. The van der Waals surface area contributed by atoms with Crippen LogP contribution in [0.15, 0.2) is 49.1 Å². The van der Waals surface area contributed by atoms with Crippen LogP contribution in [0.5, 0.6) is 0 Å². The number of aryl methyl sites for hydroxylation is 2. The minimum atomic E-state index is 1.18. The molecule has 0 N–H and O–H groups in total. The molecule has 0 aliphatic rings. The van der Waals surface area contributed by atoms with E-state index < -0.39 is 0 Å². The van der Waals surface area contributed by atoms with Crippen LogP contribution in [0.2, 0.25) is 0 Å². The highest BCUT2D eigenvalue weighted by molar-refractivity contribution is 5.10. The Labute approximate surface area is 109 Å². The summed E-state index contributed by atoms with van der Waals surface area (Å²) in [4.78, 5) is 8.06. The Balaban J connectivity index is 1.54. The monoisotopic (exact) mass is 240 g/mol. The lowest BCUT2D eigenvalue weighted by atomic mass is 10.0. The normalized spacial score (nSPS) is 10.4. The van der Waals surface area contributed by atoms with E-state index in [0.717, 1.165) is 0 Å². The summed E-state index contributed by atoms with van der Waals surface area (Å²) in [6.07, 6.45) is 15.0. The zero-order valence-electron chi connectivity index (χ0n) is 10.8. The van der Waals surface area contributed by atoms with Crippen molar-refractivity contribution in [3.8, 4) is 0 Å². The molecule has 2 aromatic rings. The minimum Gasteiger partial charge on any atom is -0.265 e. The highest BCUT2D eigenvalue weighted by Crippen LogP contribution is 2.09. The van der Waals surface area contributed by atoms with Crippen LogP contribution in [0.1, 0.15) is 36.8 Å². The molecular weight excluding hydrogens is 220 g/mol. The average molecular weight is 240 g/mol. The van der Waals surface area contributed by atoms with Crippen molar-refractivity contribution >= 4 is 0 Å². The molecule has 0 fully saturated rings. The maximum atomic E-state index is 4.03. The fourth-order valence-corrected chi connectivity index (χ4v) is 2.11. The van der Waals surface area contributed by atoms with Gasteiger partial charge >= 0.3 is 0 Å². The van der Waals surface area contributed by atoms with Crippen molar-refractivity contribution in [2.24, 2.45) is 0 Å². The summed E-state index contributed by atoms with van der Waals surface area (Å²) in [6.45, 7) is 0. The van der Waals surface area contributed by atoms with Crippen molar-refractivity contribution in [3.05, 3.63) is 60.2 Å². The number of pyridine rings is 2. The van der Waals surface area contributed by atoms with E-state index >= 15 is 0 Å². The number of aromatic nitrogens is 2. The van der Waals surface area contributed by atoms with E-state index in [1.807, 2.05) is 24.8 Å². The van der Waals surface area contributed by atoms with Gasteiger partial charge in [-0.25, -0.2) is 0 Å². The zero-order chi connectivity index (χ0) is 12.5. The highest BCUT2D eigenvalue weighted by atomic mass is 14.6. The topological polar surface area (TPSA) is 25.8 Å². The Morgan fingerprint density at radius 3 is 1.33 bits per heavy atom. The molecule has 0 aliphatic carbocycles. The summed E-state index contributed by atoms with van der Waals surface area (Å²) in [5, 5.41) is 0. The van der Waals surface area contributed by atoms with E-state index in [2.05, 4.69) is 34.2 Å². The van der Waals surface area contributed by atoms with Crippen LogP contribution in [-0.2, 0) is 12.8 Å². The van der Waals surface area contributed by atoms with Gasteiger partial charge in [-0.1, -0.05) is 12.8 Å². The van der Waals surface area contributed by atoms with Crippen molar-refractivity contribution in [1.82, 2.24) is 9.97 Å². The maximum Gasteiger partial charge on any atom is 0.0270 e. The first-order chi connectivity index (χ1) is 8.95. The molecule has 0 aromatic carbocycles. The van der Waals surface area contributed by atoms with Gasteiger partial charge in [-0.15, -0.1) is 0 Å². The van der Waals surface area contributed by atoms with Crippen molar-refractivity contribution in [2.45, 2.75) is 38.5 Å². The third-order valence-corrected chi connectivity index (χ3v) is 3.18. The van der Waals surface area contributed by atoms with Gasteiger partial charge in [0.05, 0.1) is 0 Å². The lowest BCUT2D eigenvalue weighted by Crippen LogP contribution is -1.88. The Bertz CT molecular complexity index is 382. The van der Waals surface area contributed by atoms with Crippen LogP contribution >= 0.6 is 0 Å².